The number of nitrogens with one attached hydrogen (secondary N) is 1. The monoisotopic (exact) mass is 330 g/mol. The van der Waals surface area contributed by atoms with E-state index in [-0.39, 0.29) is 24.8 Å². The molecule has 1 N–H and O–H groups in total. The summed E-state index contributed by atoms with van der Waals surface area (Å²) >= 11 is 0. The zero-order chi connectivity index (χ0) is 17.3. The summed E-state index contributed by atoms with van der Waals surface area (Å²) in [6.07, 6.45) is 2.16. The van der Waals surface area contributed by atoms with Crippen molar-refractivity contribution in [1.82, 2.24) is 19.6 Å². The minimum absolute atomic E-state index is 0.0258. The molecule has 0 radical (unpaired) electrons. The number of imidazole rings is 1. The number of likely N-dealkylation sites (N-methyl/N-ethyl adjacent to an activating group) is 1. The van der Waals surface area contributed by atoms with Gasteiger partial charge in [0.05, 0.1) is 31.0 Å². The number of ether oxygens (including phenoxy) is 1. The predicted octanol–water partition coefficient (Wildman–Crippen LogP) is 0.549. The first-order valence-electron chi connectivity index (χ1n) is 8.01. The SMILES string of the molecule is CNC(=O)[C@]1(C)CN(C(=O)Cc2c(C)nc3ccccn23)CCO1. The maximum absolute atomic E-state index is 12.8. The van der Waals surface area contributed by atoms with Gasteiger partial charge < -0.3 is 19.4 Å². The van der Waals surface area contributed by atoms with Gasteiger partial charge in [-0.2, -0.15) is 0 Å². The molecule has 0 bridgehead atoms. The number of nitrogens with zero attached hydrogens (tertiary/aromatic N) is 3. The van der Waals surface area contributed by atoms with Crippen LogP contribution in [0, 0.1) is 6.92 Å². The highest BCUT2D eigenvalue weighted by Crippen LogP contribution is 2.20. The van der Waals surface area contributed by atoms with Gasteiger partial charge in [0.25, 0.3) is 5.91 Å². The summed E-state index contributed by atoms with van der Waals surface area (Å²) in [6, 6.07) is 5.75. The van der Waals surface area contributed by atoms with Crippen molar-refractivity contribution in [3.05, 3.63) is 35.8 Å². The van der Waals surface area contributed by atoms with E-state index in [1.807, 2.05) is 35.7 Å². The van der Waals surface area contributed by atoms with E-state index in [9.17, 15) is 9.59 Å². The molecule has 128 valence electrons. The Morgan fingerprint density at radius 2 is 2.21 bits per heavy atom. The fourth-order valence-corrected chi connectivity index (χ4v) is 3.12. The zero-order valence-corrected chi connectivity index (χ0v) is 14.2. The van der Waals surface area contributed by atoms with Crippen molar-refractivity contribution in [2.24, 2.45) is 0 Å². The van der Waals surface area contributed by atoms with Crippen LogP contribution in [0.3, 0.4) is 0 Å². The van der Waals surface area contributed by atoms with Crippen molar-refractivity contribution in [1.29, 1.82) is 0 Å². The van der Waals surface area contributed by atoms with Gasteiger partial charge in [0.2, 0.25) is 5.91 Å². The molecular formula is C17H22N4O3. The van der Waals surface area contributed by atoms with Crippen LogP contribution in [0.2, 0.25) is 0 Å². The first-order valence-corrected chi connectivity index (χ1v) is 8.01. The Morgan fingerprint density at radius 1 is 1.42 bits per heavy atom. The lowest BCUT2D eigenvalue weighted by Gasteiger charge is -2.39. The Kier molecular flexibility index (Phi) is 4.28. The van der Waals surface area contributed by atoms with Crippen LogP contribution in [0.1, 0.15) is 18.3 Å². The molecule has 0 aromatic carbocycles. The molecule has 1 aliphatic heterocycles. The van der Waals surface area contributed by atoms with Crippen molar-refractivity contribution in [3.8, 4) is 0 Å². The zero-order valence-electron chi connectivity index (χ0n) is 14.2. The second-order valence-electron chi connectivity index (χ2n) is 6.22. The van der Waals surface area contributed by atoms with Gasteiger partial charge >= 0.3 is 0 Å². The number of morpholine rings is 1. The van der Waals surface area contributed by atoms with E-state index in [0.29, 0.717) is 13.2 Å². The number of carbonyl (C=O) groups excluding carboxylic acids is 2. The van der Waals surface area contributed by atoms with Crippen molar-refractivity contribution >= 4 is 17.5 Å². The largest absolute Gasteiger partial charge is 0.362 e. The lowest BCUT2D eigenvalue weighted by atomic mass is 10.0. The van der Waals surface area contributed by atoms with Gasteiger partial charge in [-0.05, 0) is 26.0 Å². The molecule has 1 atom stereocenters. The second-order valence-corrected chi connectivity index (χ2v) is 6.22. The molecule has 7 nitrogen and oxygen atoms in total. The summed E-state index contributed by atoms with van der Waals surface area (Å²) in [5.41, 5.74) is 1.55. The van der Waals surface area contributed by atoms with Crippen LogP contribution in [0.4, 0.5) is 0 Å². The molecule has 0 aliphatic carbocycles. The van der Waals surface area contributed by atoms with E-state index in [0.717, 1.165) is 17.0 Å². The smallest absolute Gasteiger partial charge is 0.253 e. The van der Waals surface area contributed by atoms with Gasteiger partial charge in [-0.15, -0.1) is 0 Å². The Morgan fingerprint density at radius 3 is 2.96 bits per heavy atom. The summed E-state index contributed by atoms with van der Waals surface area (Å²) in [5.74, 6) is -0.242. The number of carbonyl (C=O) groups is 2. The number of pyridine rings is 1. The predicted molar refractivity (Wildman–Crippen MR) is 88.6 cm³/mol. The average Bonchev–Trinajstić information content (AvgIpc) is 2.90. The quantitative estimate of drug-likeness (QED) is 0.892. The standard InChI is InChI=1S/C17H22N4O3/c1-12-13(21-7-5-4-6-14(21)19-12)10-15(22)20-8-9-24-17(2,11-20)16(23)18-3/h4-7H,8-11H2,1-3H3,(H,18,23)/t17-/m0/s1. The number of amides is 2. The van der Waals surface area contributed by atoms with Crippen LogP contribution < -0.4 is 5.32 Å². The minimum atomic E-state index is -1.00. The van der Waals surface area contributed by atoms with Crippen molar-refractivity contribution in [3.63, 3.8) is 0 Å². The van der Waals surface area contributed by atoms with E-state index in [2.05, 4.69) is 10.3 Å². The van der Waals surface area contributed by atoms with E-state index in [4.69, 9.17) is 4.74 Å². The average molecular weight is 330 g/mol. The molecule has 7 heteroatoms. The fourth-order valence-electron chi connectivity index (χ4n) is 3.12. The normalized spacial score (nSPS) is 21.0. The number of fused-ring (bicyclic) bond motifs is 1. The Balaban J connectivity index is 1.79. The molecule has 3 rings (SSSR count). The number of aromatic nitrogens is 2. The summed E-state index contributed by atoms with van der Waals surface area (Å²) in [7, 11) is 1.57. The van der Waals surface area contributed by atoms with Gasteiger partial charge in [-0.1, -0.05) is 6.07 Å². The molecule has 3 heterocycles. The van der Waals surface area contributed by atoms with Gasteiger partial charge in [0.1, 0.15) is 5.65 Å². The summed E-state index contributed by atoms with van der Waals surface area (Å²) < 4.78 is 7.54. The lowest BCUT2D eigenvalue weighted by molar-refractivity contribution is -0.162. The highest BCUT2D eigenvalue weighted by molar-refractivity contribution is 5.86. The lowest BCUT2D eigenvalue weighted by Crippen LogP contribution is -2.59. The van der Waals surface area contributed by atoms with Crippen LogP contribution in [0.5, 0.6) is 0 Å². The van der Waals surface area contributed by atoms with E-state index in [1.54, 1.807) is 18.9 Å². The molecule has 0 unspecified atom stereocenters. The summed E-state index contributed by atoms with van der Waals surface area (Å²) in [5, 5.41) is 2.60. The Bertz CT molecular complexity index is 785. The highest BCUT2D eigenvalue weighted by atomic mass is 16.5. The molecular weight excluding hydrogens is 308 g/mol. The number of hydrogen-bond acceptors (Lipinski definition) is 4. The third-order valence-electron chi connectivity index (χ3n) is 4.48. The number of hydrogen-bond donors (Lipinski definition) is 1. The number of rotatable bonds is 3. The third kappa shape index (κ3) is 2.87. The van der Waals surface area contributed by atoms with E-state index in [1.165, 1.54) is 0 Å². The second kappa shape index (κ2) is 6.24. The summed E-state index contributed by atoms with van der Waals surface area (Å²) in [6.45, 7) is 4.71. The highest BCUT2D eigenvalue weighted by Gasteiger charge is 2.40. The summed E-state index contributed by atoms with van der Waals surface area (Å²) in [4.78, 5) is 31.0. The molecule has 1 fully saturated rings. The van der Waals surface area contributed by atoms with Gasteiger partial charge in [-0.3, -0.25) is 9.59 Å². The molecule has 2 aromatic heterocycles. The first kappa shape index (κ1) is 16.4. The molecule has 24 heavy (non-hydrogen) atoms. The maximum atomic E-state index is 12.8. The topological polar surface area (TPSA) is 75.9 Å². The third-order valence-corrected chi connectivity index (χ3v) is 4.48. The minimum Gasteiger partial charge on any atom is -0.362 e. The van der Waals surface area contributed by atoms with Crippen molar-refractivity contribution in [2.45, 2.75) is 25.9 Å². The van der Waals surface area contributed by atoms with Crippen LogP contribution in [-0.4, -0.2) is 58.4 Å². The number of aryl methyl sites for hydroxylation is 1. The van der Waals surface area contributed by atoms with Crippen molar-refractivity contribution in [2.75, 3.05) is 26.7 Å². The van der Waals surface area contributed by atoms with Crippen LogP contribution in [-0.2, 0) is 20.7 Å². The van der Waals surface area contributed by atoms with Crippen LogP contribution in [0.25, 0.3) is 5.65 Å². The molecule has 0 spiro atoms. The molecule has 2 aromatic rings. The van der Waals surface area contributed by atoms with E-state index < -0.39 is 5.60 Å². The Hall–Kier alpha value is -2.41. The molecule has 2 amide bonds. The van der Waals surface area contributed by atoms with Crippen LogP contribution >= 0.6 is 0 Å². The Labute approximate surface area is 140 Å². The van der Waals surface area contributed by atoms with E-state index >= 15 is 0 Å². The van der Waals surface area contributed by atoms with Crippen LogP contribution in [0.15, 0.2) is 24.4 Å². The fraction of sp³-hybridized carbons (Fsp3) is 0.471. The maximum Gasteiger partial charge on any atom is 0.253 e. The van der Waals surface area contributed by atoms with Crippen molar-refractivity contribution < 1.29 is 14.3 Å². The molecule has 1 saturated heterocycles. The molecule has 1 aliphatic rings. The van der Waals surface area contributed by atoms with Gasteiger partial charge in [0, 0.05) is 19.8 Å². The molecule has 0 saturated carbocycles. The first-order chi connectivity index (χ1) is 11.4. The van der Waals surface area contributed by atoms with Gasteiger partial charge in [-0.25, -0.2) is 4.98 Å². The van der Waals surface area contributed by atoms with Gasteiger partial charge in [0.15, 0.2) is 5.60 Å².